The van der Waals surface area contributed by atoms with Crippen molar-refractivity contribution in [3.8, 4) is 11.4 Å². The molecule has 0 unspecified atom stereocenters. The van der Waals surface area contributed by atoms with Gasteiger partial charge < -0.3 is 15.2 Å². The second-order valence-corrected chi connectivity index (χ2v) is 5.72. The molecule has 0 aliphatic carbocycles. The first-order chi connectivity index (χ1) is 9.17. The topological polar surface area (TPSA) is 68.2 Å². The molecule has 19 heavy (non-hydrogen) atoms. The first kappa shape index (κ1) is 12.8. The standard InChI is InChI=1S/C13H15BrN4O/c1-18-6-9(7-18)10-3-2-8(4-11(10)14)13-16-12(5-15)19-17-13/h2-4,9H,5-7,15H2,1H3. The highest BCUT2D eigenvalue weighted by molar-refractivity contribution is 9.10. The maximum Gasteiger partial charge on any atom is 0.240 e. The molecule has 1 aliphatic rings. The summed E-state index contributed by atoms with van der Waals surface area (Å²) < 4.78 is 6.12. The van der Waals surface area contributed by atoms with Crippen LogP contribution in [0.2, 0.25) is 0 Å². The summed E-state index contributed by atoms with van der Waals surface area (Å²) in [5, 5.41) is 3.92. The fourth-order valence-electron chi connectivity index (χ4n) is 2.35. The quantitative estimate of drug-likeness (QED) is 0.935. The molecule has 5 nitrogen and oxygen atoms in total. The Morgan fingerprint density at radius 1 is 1.47 bits per heavy atom. The van der Waals surface area contributed by atoms with Crippen molar-refractivity contribution in [2.24, 2.45) is 5.73 Å². The van der Waals surface area contributed by atoms with Crippen LogP contribution in [-0.2, 0) is 6.54 Å². The molecule has 0 radical (unpaired) electrons. The number of benzene rings is 1. The number of likely N-dealkylation sites (N-methyl/N-ethyl adjacent to an activating group) is 1. The zero-order chi connectivity index (χ0) is 13.4. The van der Waals surface area contributed by atoms with E-state index in [2.05, 4.69) is 44.1 Å². The van der Waals surface area contributed by atoms with Crippen LogP contribution in [0, 0.1) is 0 Å². The summed E-state index contributed by atoms with van der Waals surface area (Å²) in [5.41, 5.74) is 7.74. The van der Waals surface area contributed by atoms with Crippen LogP contribution in [0.3, 0.4) is 0 Å². The molecule has 1 fully saturated rings. The Kier molecular flexibility index (Phi) is 3.38. The Morgan fingerprint density at radius 3 is 2.84 bits per heavy atom. The van der Waals surface area contributed by atoms with E-state index in [0.29, 0.717) is 17.6 Å². The number of hydrogen-bond acceptors (Lipinski definition) is 5. The van der Waals surface area contributed by atoms with E-state index in [1.54, 1.807) is 0 Å². The van der Waals surface area contributed by atoms with E-state index in [9.17, 15) is 0 Å². The highest BCUT2D eigenvalue weighted by Gasteiger charge is 2.26. The number of hydrogen-bond donors (Lipinski definition) is 1. The molecule has 2 heterocycles. The first-order valence-electron chi connectivity index (χ1n) is 6.18. The molecule has 1 aliphatic heterocycles. The number of halogens is 1. The van der Waals surface area contributed by atoms with Gasteiger partial charge in [-0.05, 0) is 18.7 Å². The lowest BCUT2D eigenvalue weighted by Crippen LogP contribution is -2.41. The third-order valence-electron chi connectivity index (χ3n) is 3.41. The zero-order valence-corrected chi connectivity index (χ0v) is 12.2. The van der Waals surface area contributed by atoms with Crippen LogP contribution in [-0.4, -0.2) is 35.2 Å². The van der Waals surface area contributed by atoms with Gasteiger partial charge in [-0.1, -0.05) is 33.2 Å². The number of nitrogens with two attached hydrogens (primary N) is 1. The maximum atomic E-state index is 5.46. The first-order valence-corrected chi connectivity index (χ1v) is 6.97. The van der Waals surface area contributed by atoms with Crippen molar-refractivity contribution in [2.45, 2.75) is 12.5 Å². The van der Waals surface area contributed by atoms with E-state index in [1.165, 1.54) is 5.56 Å². The van der Waals surface area contributed by atoms with Crippen molar-refractivity contribution in [2.75, 3.05) is 20.1 Å². The van der Waals surface area contributed by atoms with Crippen LogP contribution < -0.4 is 5.73 Å². The van der Waals surface area contributed by atoms with Gasteiger partial charge in [0.25, 0.3) is 0 Å². The molecule has 6 heteroatoms. The fraction of sp³-hybridized carbons (Fsp3) is 0.385. The van der Waals surface area contributed by atoms with Crippen molar-refractivity contribution in [3.05, 3.63) is 34.1 Å². The molecule has 0 atom stereocenters. The Morgan fingerprint density at radius 2 is 2.26 bits per heavy atom. The number of rotatable bonds is 3. The molecule has 0 amide bonds. The molecule has 100 valence electrons. The minimum atomic E-state index is 0.265. The lowest BCUT2D eigenvalue weighted by Gasteiger charge is -2.37. The molecule has 1 aromatic carbocycles. The van der Waals surface area contributed by atoms with Crippen LogP contribution in [0.25, 0.3) is 11.4 Å². The average Bonchev–Trinajstić information content (AvgIpc) is 2.84. The molecule has 0 spiro atoms. The van der Waals surface area contributed by atoms with Crippen LogP contribution in [0.1, 0.15) is 17.4 Å². The van der Waals surface area contributed by atoms with E-state index < -0.39 is 0 Å². The van der Waals surface area contributed by atoms with Crippen LogP contribution in [0.15, 0.2) is 27.2 Å². The van der Waals surface area contributed by atoms with Crippen LogP contribution in [0.4, 0.5) is 0 Å². The lowest BCUT2D eigenvalue weighted by atomic mass is 9.91. The van der Waals surface area contributed by atoms with Crippen molar-refractivity contribution in [1.29, 1.82) is 0 Å². The largest absolute Gasteiger partial charge is 0.338 e. The van der Waals surface area contributed by atoms with Crippen molar-refractivity contribution >= 4 is 15.9 Å². The predicted octanol–water partition coefficient (Wildman–Crippen LogP) is 1.99. The molecular weight excluding hydrogens is 308 g/mol. The van der Waals surface area contributed by atoms with Gasteiger partial charge >= 0.3 is 0 Å². The summed E-state index contributed by atoms with van der Waals surface area (Å²) in [6.45, 7) is 2.48. The molecule has 0 saturated carbocycles. The van der Waals surface area contributed by atoms with E-state index in [4.69, 9.17) is 10.3 Å². The minimum Gasteiger partial charge on any atom is -0.338 e. The van der Waals surface area contributed by atoms with Crippen molar-refractivity contribution in [1.82, 2.24) is 15.0 Å². The number of nitrogens with zero attached hydrogens (tertiary/aromatic N) is 3. The molecular formula is C13H15BrN4O. The summed E-state index contributed by atoms with van der Waals surface area (Å²) in [5.74, 6) is 1.65. The van der Waals surface area contributed by atoms with E-state index >= 15 is 0 Å². The summed E-state index contributed by atoms with van der Waals surface area (Å²) in [6.07, 6.45) is 0. The average molecular weight is 323 g/mol. The molecule has 0 bridgehead atoms. The molecule has 1 saturated heterocycles. The van der Waals surface area contributed by atoms with E-state index in [0.717, 1.165) is 23.1 Å². The summed E-state index contributed by atoms with van der Waals surface area (Å²) in [7, 11) is 2.13. The number of aromatic nitrogens is 2. The smallest absolute Gasteiger partial charge is 0.240 e. The van der Waals surface area contributed by atoms with Gasteiger partial charge in [0.2, 0.25) is 11.7 Å². The fourth-order valence-corrected chi connectivity index (χ4v) is 3.05. The second kappa shape index (κ2) is 5.03. The Balaban J connectivity index is 1.86. The Labute approximate surface area is 119 Å². The minimum absolute atomic E-state index is 0.265. The maximum absolute atomic E-state index is 5.46. The highest BCUT2D eigenvalue weighted by atomic mass is 79.9. The molecule has 2 aromatic rings. The summed E-state index contributed by atoms with van der Waals surface area (Å²) >= 11 is 3.63. The number of likely N-dealkylation sites (tertiary alicyclic amines) is 1. The third kappa shape index (κ3) is 2.43. The third-order valence-corrected chi connectivity index (χ3v) is 4.09. The van der Waals surface area contributed by atoms with Crippen molar-refractivity contribution in [3.63, 3.8) is 0 Å². The second-order valence-electron chi connectivity index (χ2n) is 4.87. The predicted molar refractivity (Wildman–Crippen MR) is 75.6 cm³/mol. The van der Waals surface area contributed by atoms with Gasteiger partial charge in [-0.25, -0.2) is 0 Å². The SMILES string of the molecule is CN1CC(c2ccc(-c3noc(CN)n3)cc2Br)C1. The van der Waals surface area contributed by atoms with Crippen LogP contribution >= 0.6 is 15.9 Å². The highest BCUT2D eigenvalue weighted by Crippen LogP contribution is 2.33. The summed E-state index contributed by atoms with van der Waals surface area (Å²) in [6, 6.07) is 6.21. The lowest BCUT2D eigenvalue weighted by molar-refractivity contribution is 0.189. The monoisotopic (exact) mass is 322 g/mol. The van der Waals surface area contributed by atoms with Gasteiger partial charge in [0.05, 0.1) is 6.54 Å². The van der Waals surface area contributed by atoms with Gasteiger partial charge in [-0.2, -0.15) is 4.98 Å². The van der Waals surface area contributed by atoms with Gasteiger partial charge in [0.15, 0.2) is 0 Å². The normalized spacial score (nSPS) is 16.6. The van der Waals surface area contributed by atoms with Gasteiger partial charge in [0, 0.05) is 29.0 Å². The Hall–Kier alpha value is -1.24. The van der Waals surface area contributed by atoms with E-state index in [1.807, 2.05) is 12.1 Å². The Bertz CT molecular complexity index is 592. The molecule has 1 aromatic heterocycles. The van der Waals surface area contributed by atoms with Crippen LogP contribution in [0.5, 0.6) is 0 Å². The van der Waals surface area contributed by atoms with Crippen molar-refractivity contribution < 1.29 is 4.52 Å². The summed E-state index contributed by atoms with van der Waals surface area (Å²) in [4.78, 5) is 6.53. The van der Waals surface area contributed by atoms with Gasteiger partial charge in [-0.3, -0.25) is 0 Å². The van der Waals surface area contributed by atoms with E-state index in [-0.39, 0.29) is 6.54 Å². The molecule has 3 rings (SSSR count). The van der Waals surface area contributed by atoms with Gasteiger partial charge in [-0.15, -0.1) is 0 Å². The molecule has 2 N–H and O–H groups in total. The van der Waals surface area contributed by atoms with Gasteiger partial charge in [0.1, 0.15) is 0 Å². The zero-order valence-electron chi connectivity index (χ0n) is 10.6.